The molecule has 3 aromatic heterocycles. The van der Waals surface area contributed by atoms with Crippen molar-refractivity contribution >= 4 is 40.0 Å². The molecule has 36 heavy (non-hydrogen) atoms. The molecule has 6 rings (SSSR count). The molecule has 2 aliphatic heterocycles. The number of alkyl halides is 1. The van der Waals surface area contributed by atoms with E-state index in [9.17, 15) is 9.18 Å². The quantitative estimate of drug-likeness (QED) is 0.389. The van der Waals surface area contributed by atoms with E-state index in [1.165, 1.54) is 12.4 Å². The van der Waals surface area contributed by atoms with Crippen molar-refractivity contribution in [3.63, 3.8) is 0 Å². The number of pyridine rings is 1. The number of nitrogens with one attached hydrogen (secondary N) is 2. The Hall–Kier alpha value is -3.21. The maximum atomic E-state index is 13.4. The molecule has 1 unspecified atom stereocenters. The maximum Gasteiger partial charge on any atom is 0.237 e. The summed E-state index contributed by atoms with van der Waals surface area (Å²) >= 11 is 12.4. The van der Waals surface area contributed by atoms with E-state index in [1.807, 2.05) is 23.1 Å². The Labute approximate surface area is 215 Å². The Kier molecular flexibility index (Phi) is 6.02. The third-order valence-corrected chi connectivity index (χ3v) is 7.23. The first-order valence-corrected chi connectivity index (χ1v) is 12.3. The molecule has 0 spiro atoms. The zero-order chi connectivity index (χ0) is 24.8. The molecule has 12 heteroatoms. The monoisotopic (exact) mass is 529 g/mol. The number of rotatable bonds is 6. The first-order chi connectivity index (χ1) is 17.4. The van der Waals surface area contributed by atoms with Crippen LogP contribution in [-0.2, 0) is 24.5 Å². The first kappa shape index (κ1) is 23.2. The van der Waals surface area contributed by atoms with Crippen LogP contribution in [0.5, 0.6) is 5.75 Å². The molecule has 0 saturated carbocycles. The van der Waals surface area contributed by atoms with Crippen LogP contribution in [0.25, 0.3) is 22.4 Å². The third-order valence-electron chi connectivity index (χ3n) is 6.57. The van der Waals surface area contributed by atoms with Crippen molar-refractivity contribution in [2.75, 3.05) is 19.6 Å². The van der Waals surface area contributed by atoms with E-state index in [4.69, 9.17) is 32.9 Å². The predicted octanol–water partition coefficient (Wildman–Crippen LogP) is 4.12. The number of hydrogen-bond donors (Lipinski definition) is 2. The normalized spacial score (nSPS) is 17.8. The summed E-state index contributed by atoms with van der Waals surface area (Å²) in [6.45, 7) is 2.24. The molecule has 1 atom stereocenters. The van der Waals surface area contributed by atoms with Crippen molar-refractivity contribution in [2.24, 2.45) is 0 Å². The molecular weight excluding hydrogens is 508 g/mol. The second-order valence-corrected chi connectivity index (χ2v) is 9.85. The predicted molar refractivity (Wildman–Crippen MR) is 132 cm³/mol. The number of likely N-dealkylation sites (tertiary alicyclic amines) is 1. The van der Waals surface area contributed by atoms with Crippen LogP contribution in [0, 0.1) is 0 Å². The van der Waals surface area contributed by atoms with E-state index in [2.05, 4.69) is 20.2 Å². The van der Waals surface area contributed by atoms with Crippen molar-refractivity contribution in [3.8, 4) is 17.3 Å². The number of halogens is 3. The zero-order valence-corrected chi connectivity index (χ0v) is 20.6. The van der Waals surface area contributed by atoms with Crippen molar-refractivity contribution in [3.05, 3.63) is 57.6 Å². The number of benzene rings is 1. The fourth-order valence-electron chi connectivity index (χ4n) is 4.64. The Bertz CT molecular complexity index is 1410. The van der Waals surface area contributed by atoms with Crippen molar-refractivity contribution in [1.82, 2.24) is 34.9 Å². The van der Waals surface area contributed by atoms with E-state index in [0.29, 0.717) is 65.5 Å². The molecule has 5 heterocycles. The number of carbonyl (C=O) groups excluding carboxylic acids is 1. The van der Waals surface area contributed by atoms with Gasteiger partial charge in [0.15, 0.2) is 5.82 Å². The van der Waals surface area contributed by atoms with Crippen LogP contribution in [0.3, 0.4) is 0 Å². The Morgan fingerprint density at radius 2 is 2.06 bits per heavy atom. The van der Waals surface area contributed by atoms with Gasteiger partial charge in [0, 0.05) is 36.4 Å². The van der Waals surface area contributed by atoms with Gasteiger partial charge in [-0.3, -0.25) is 19.8 Å². The van der Waals surface area contributed by atoms with Crippen LogP contribution in [0.1, 0.15) is 23.4 Å². The zero-order valence-electron chi connectivity index (χ0n) is 19.1. The van der Waals surface area contributed by atoms with Gasteiger partial charge in [0.05, 0.1) is 46.6 Å². The van der Waals surface area contributed by atoms with Gasteiger partial charge in [0.25, 0.3) is 0 Å². The van der Waals surface area contributed by atoms with Crippen LogP contribution < -0.4 is 4.74 Å². The molecule has 2 aliphatic rings. The van der Waals surface area contributed by atoms with Crippen LogP contribution in [0.2, 0.25) is 10.0 Å². The molecule has 186 valence electrons. The highest BCUT2D eigenvalue weighted by molar-refractivity contribution is 6.35. The third kappa shape index (κ3) is 4.40. The van der Waals surface area contributed by atoms with E-state index in [1.54, 1.807) is 4.90 Å². The van der Waals surface area contributed by atoms with Crippen LogP contribution in [0.15, 0.2) is 30.6 Å². The molecule has 0 aliphatic carbocycles. The summed E-state index contributed by atoms with van der Waals surface area (Å²) in [5.74, 6) is 1.23. The first-order valence-electron chi connectivity index (χ1n) is 11.6. The second kappa shape index (κ2) is 9.34. The molecule has 4 aromatic rings. The van der Waals surface area contributed by atoms with E-state index in [-0.39, 0.29) is 19.1 Å². The van der Waals surface area contributed by atoms with Crippen LogP contribution >= 0.6 is 23.2 Å². The Balaban J connectivity index is 1.17. The van der Waals surface area contributed by atoms with Gasteiger partial charge in [0.2, 0.25) is 5.91 Å². The lowest BCUT2D eigenvalue weighted by Crippen LogP contribution is -2.37. The molecule has 0 radical (unpaired) electrons. The highest BCUT2D eigenvalue weighted by Crippen LogP contribution is 2.32. The second-order valence-electron chi connectivity index (χ2n) is 9.03. The number of aromatic nitrogens is 5. The number of hydrogen-bond acceptors (Lipinski definition) is 6. The molecule has 1 saturated heterocycles. The largest absolute Gasteiger partial charge is 0.489 e. The molecule has 9 nitrogen and oxygen atoms in total. The average Bonchev–Trinajstić information content (AvgIpc) is 3.61. The average molecular weight is 530 g/mol. The molecular formula is C24H22Cl2FN7O2. The van der Waals surface area contributed by atoms with Crippen molar-refractivity contribution < 1.29 is 13.9 Å². The SMILES string of the molecule is O=C(CN1CCC(F)C1)N1Cc2nc(-c3n[nH]c4ccc(OCc5c(Cl)cncc5Cl)cc34)[nH]c2C1. The number of imidazole rings is 1. The summed E-state index contributed by atoms with van der Waals surface area (Å²) in [6.07, 6.45) is 2.71. The van der Waals surface area contributed by atoms with Crippen molar-refractivity contribution in [2.45, 2.75) is 32.3 Å². The van der Waals surface area contributed by atoms with Gasteiger partial charge in [-0.2, -0.15) is 5.10 Å². The molecule has 2 N–H and O–H groups in total. The van der Waals surface area contributed by atoms with Gasteiger partial charge in [-0.25, -0.2) is 9.37 Å². The molecule has 1 aromatic carbocycles. The fraction of sp³-hybridized carbons (Fsp3) is 0.333. The van der Waals surface area contributed by atoms with Crippen LogP contribution in [-0.4, -0.2) is 66.7 Å². The smallest absolute Gasteiger partial charge is 0.237 e. The molecule has 1 fully saturated rings. The van der Waals surface area contributed by atoms with E-state index >= 15 is 0 Å². The van der Waals surface area contributed by atoms with Crippen LogP contribution in [0.4, 0.5) is 4.39 Å². The van der Waals surface area contributed by atoms with E-state index < -0.39 is 6.17 Å². The summed E-state index contributed by atoms with van der Waals surface area (Å²) in [6, 6.07) is 5.60. The highest BCUT2D eigenvalue weighted by atomic mass is 35.5. The lowest BCUT2D eigenvalue weighted by molar-refractivity contribution is -0.132. The number of H-pyrrole nitrogens is 2. The minimum Gasteiger partial charge on any atom is -0.489 e. The summed E-state index contributed by atoms with van der Waals surface area (Å²) in [7, 11) is 0. The summed E-state index contributed by atoms with van der Waals surface area (Å²) in [5.41, 5.74) is 3.86. The molecule has 0 bridgehead atoms. The topological polar surface area (TPSA) is 103 Å². The summed E-state index contributed by atoms with van der Waals surface area (Å²) in [5, 5.41) is 9.20. The molecule has 1 amide bonds. The maximum absolute atomic E-state index is 13.4. The summed E-state index contributed by atoms with van der Waals surface area (Å²) < 4.78 is 19.4. The minimum atomic E-state index is -0.839. The summed E-state index contributed by atoms with van der Waals surface area (Å²) in [4.78, 5) is 28.3. The minimum absolute atomic E-state index is 0.0153. The Morgan fingerprint density at radius 1 is 1.22 bits per heavy atom. The van der Waals surface area contributed by atoms with E-state index in [0.717, 1.165) is 22.3 Å². The number of ether oxygens (including phenoxy) is 1. The fourth-order valence-corrected chi connectivity index (χ4v) is 5.11. The number of aromatic amines is 2. The lowest BCUT2D eigenvalue weighted by Gasteiger charge is -2.20. The van der Waals surface area contributed by atoms with Gasteiger partial charge in [0.1, 0.15) is 24.2 Å². The highest BCUT2D eigenvalue weighted by Gasteiger charge is 2.30. The van der Waals surface area contributed by atoms with Gasteiger partial charge in [-0.1, -0.05) is 23.2 Å². The standard InChI is InChI=1S/C24H22Cl2FN7O2/c25-17-6-28-7-18(26)16(17)12-36-14-1-2-19-15(5-14)23(32-31-19)24-29-20-9-34(10-21(20)30-24)22(35)11-33-4-3-13(27)8-33/h1-2,5-7,13H,3-4,8-12H2,(H,29,30)(H,31,32). The number of nitrogens with zero attached hydrogens (tertiary/aromatic N) is 5. The number of fused-ring (bicyclic) bond motifs is 2. The van der Waals surface area contributed by atoms with Crippen molar-refractivity contribution in [1.29, 1.82) is 0 Å². The van der Waals surface area contributed by atoms with Gasteiger partial charge in [-0.15, -0.1) is 0 Å². The number of carbonyl (C=O) groups is 1. The van der Waals surface area contributed by atoms with Gasteiger partial charge >= 0.3 is 0 Å². The van der Waals surface area contributed by atoms with Gasteiger partial charge < -0.3 is 14.6 Å². The Morgan fingerprint density at radius 3 is 2.81 bits per heavy atom. The number of amides is 1. The lowest BCUT2D eigenvalue weighted by atomic mass is 10.2. The van der Waals surface area contributed by atoms with Gasteiger partial charge in [-0.05, 0) is 24.6 Å².